The summed E-state index contributed by atoms with van der Waals surface area (Å²) >= 11 is 6.35. The summed E-state index contributed by atoms with van der Waals surface area (Å²) in [5.74, 6) is -1.13. The van der Waals surface area contributed by atoms with Crippen molar-refractivity contribution in [2.75, 3.05) is 23.4 Å². The minimum Gasteiger partial charge on any atom is -0.494 e. The second-order valence-electron chi connectivity index (χ2n) is 8.66. The first-order valence-electron chi connectivity index (χ1n) is 12.1. The van der Waals surface area contributed by atoms with Gasteiger partial charge < -0.3 is 14.8 Å². The van der Waals surface area contributed by atoms with E-state index in [-0.39, 0.29) is 34.5 Å². The molecule has 0 aliphatic carbocycles. The van der Waals surface area contributed by atoms with E-state index in [1.165, 1.54) is 18.2 Å². The van der Waals surface area contributed by atoms with Crippen molar-refractivity contribution in [1.82, 2.24) is 5.32 Å². The highest BCUT2D eigenvalue weighted by Crippen LogP contribution is 2.28. The normalized spacial score (nSPS) is 14.3. The van der Waals surface area contributed by atoms with Gasteiger partial charge in [0.1, 0.15) is 17.1 Å². The highest BCUT2D eigenvalue weighted by atomic mass is 35.5. The Morgan fingerprint density at radius 1 is 1.03 bits per heavy atom. The number of aryl methyl sites for hydroxylation is 1. The highest BCUT2D eigenvalue weighted by Gasteiger charge is 2.36. The van der Waals surface area contributed by atoms with Crippen LogP contribution in [0.2, 0.25) is 5.02 Å². The number of nitrogens with one attached hydrogen (secondary N) is 2. The van der Waals surface area contributed by atoms with Crippen LogP contribution in [0, 0.1) is 13.8 Å². The Morgan fingerprint density at radius 3 is 2.46 bits per heavy atom. The molecule has 4 rings (SSSR count). The van der Waals surface area contributed by atoms with E-state index in [0.717, 1.165) is 16.0 Å². The van der Waals surface area contributed by atoms with Crippen LogP contribution in [0.3, 0.4) is 0 Å². The monoisotopic (exact) mass is 547 g/mol. The number of imide groups is 2. The number of carbonyl (C=O) groups excluding carboxylic acids is 4. The predicted molar refractivity (Wildman–Crippen MR) is 148 cm³/mol. The molecule has 3 aromatic rings. The van der Waals surface area contributed by atoms with Crippen LogP contribution in [0.4, 0.5) is 16.2 Å². The van der Waals surface area contributed by atoms with Gasteiger partial charge in [0, 0.05) is 5.69 Å². The summed E-state index contributed by atoms with van der Waals surface area (Å²) < 4.78 is 11.0. The lowest BCUT2D eigenvalue weighted by atomic mass is 10.1. The van der Waals surface area contributed by atoms with Gasteiger partial charge in [0.05, 0.1) is 17.3 Å². The molecule has 1 heterocycles. The van der Waals surface area contributed by atoms with Gasteiger partial charge in [0.25, 0.3) is 17.7 Å². The quantitative estimate of drug-likeness (QED) is 0.302. The van der Waals surface area contributed by atoms with Gasteiger partial charge in [-0.25, -0.2) is 9.69 Å². The molecule has 3 aromatic carbocycles. The number of urea groups is 1. The molecule has 0 atom stereocenters. The summed E-state index contributed by atoms with van der Waals surface area (Å²) in [6.45, 7) is 5.91. The van der Waals surface area contributed by atoms with Crippen LogP contribution in [-0.2, 0) is 14.4 Å². The highest BCUT2D eigenvalue weighted by molar-refractivity contribution is 6.39. The molecule has 0 unspecified atom stereocenters. The molecule has 1 saturated heterocycles. The van der Waals surface area contributed by atoms with Crippen LogP contribution in [0.1, 0.15) is 23.6 Å². The molecule has 5 amide bonds. The Hall–Kier alpha value is -4.63. The standard InChI is InChI=1S/C29H26ClN3O6/c1-4-38-21-11-9-20(10-12-21)33-28(36)22(27(35)32-29(33)37)14-19-8-13-25(23(30)15-19)39-16-26(34)31-24-7-5-6-17(2)18(24)3/h5-15H,4,16H2,1-3H3,(H,31,34)(H,32,35,37)/b22-14+. The number of nitrogens with zero attached hydrogens (tertiary/aromatic N) is 1. The lowest BCUT2D eigenvalue weighted by Crippen LogP contribution is -2.54. The summed E-state index contributed by atoms with van der Waals surface area (Å²) in [5.41, 5.74) is 3.17. The number of anilines is 2. The molecule has 0 bridgehead atoms. The average molecular weight is 548 g/mol. The van der Waals surface area contributed by atoms with E-state index in [1.807, 2.05) is 39.0 Å². The molecule has 0 aromatic heterocycles. The van der Waals surface area contributed by atoms with Gasteiger partial charge in [-0.05, 0) is 86.0 Å². The van der Waals surface area contributed by atoms with Crippen molar-refractivity contribution >= 4 is 52.8 Å². The molecular weight excluding hydrogens is 522 g/mol. The Kier molecular flexibility index (Phi) is 8.31. The molecule has 1 fully saturated rings. The van der Waals surface area contributed by atoms with Crippen LogP contribution in [0.25, 0.3) is 6.08 Å². The number of rotatable bonds is 8. The van der Waals surface area contributed by atoms with Crippen LogP contribution in [0.15, 0.2) is 66.2 Å². The number of carbonyl (C=O) groups is 4. The van der Waals surface area contributed by atoms with E-state index in [4.69, 9.17) is 21.1 Å². The third-order valence-corrected chi connectivity index (χ3v) is 6.31. The fourth-order valence-electron chi connectivity index (χ4n) is 3.86. The number of hydrogen-bond acceptors (Lipinski definition) is 6. The maximum absolute atomic E-state index is 13.1. The molecule has 0 spiro atoms. The number of hydrogen-bond donors (Lipinski definition) is 2. The van der Waals surface area contributed by atoms with Gasteiger partial charge in [0.2, 0.25) is 0 Å². The second-order valence-corrected chi connectivity index (χ2v) is 9.07. The van der Waals surface area contributed by atoms with Crippen LogP contribution < -0.4 is 25.0 Å². The number of ether oxygens (including phenoxy) is 2. The lowest BCUT2D eigenvalue weighted by Gasteiger charge is -2.26. The summed E-state index contributed by atoms with van der Waals surface area (Å²) in [6, 6.07) is 15.7. The molecule has 9 nitrogen and oxygen atoms in total. The zero-order valence-corrected chi connectivity index (χ0v) is 22.3. The van der Waals surface area contributed by atoms with Crippen molar-refractivity contribution in [2.24, 2.45) is 0 Å². The van der Waals surface area contributed by atoms with Gasteiger partial charge >= 0.3 is 6.03 Å². The average Bonchev–Trinajstić information content (AvgIpc) is 2.90. The predicted octanol–water partition coefficient (Wildman–Crippen LogP) is 5.04. The number of amides is 5. The van der Waals surface area contributed by atoms with Crippen molar-refractivity contribution in [3.05, 3.63) is 87.9 Å². The third kappa shape index (κ3) is 6.27. The molecule has 0 radical (unpaired) electrons. The summed E-state index contributed by atoms with van der Waals surface area (Å²) in [4.78, 5) is 51.3. The van der Waals surface area contributed by atoms with E-state index in [1.54, 1.807) is 30.3 Å². The van der Waals surface area contributed by atoms with E-state index in [0.29, 0.717) is 23.6 Å². The first kappa shape index (κ1) is 27.4. The zero-order valence-electron chi connectivity index (χ0n) is 21.5. The fourth-order valence-corrected chi connectivity index (χ4v) is 4.10. The SMILES string of the molecule is CCOc1ccc(N2C(=O)NC(=O)/C(=C\c3ccc(OCC(=O)Nc4cccc(C)c4C)c(Cl)c3)C2=O)cc1. The van der Waals surface area contributed by atoms with Crippen molar-refractivity contribution in [1.29, 1.82) is 0 Å². The summed E-state index contributed by atoms with van der Waals surface area (Å²) in [6.07, 6.45) is 1.33. The third-order valence-electron chi connectivity index (χ3n) is 6.01. The summed E-state index contributed by atoms with van der Waals surface area (Å²) in [7, 11) is 0. The van der Waals surface area contributed by atoms with E-state index in [2.05, 4.69) is 10.6 Å². The van der Waals surface area contributed by atoms with E-state index < -0.39 is 17.8 Å². The minimum absolute atomic E-state index is 0.173. The van der Waals surface area contributed by atoms with Crippen molar-refractivity contribution in [3.63, 3.8) is 0 Å². The van der Waals surface area contributed by atoms with E-state index in [9.17, 15) is 19.2 Å². The minimum atomic E-state index is -0.854. The first-order chi connectivity index (χ1) is 18.7. The van der Waals surface area contributed by atoms with Crippen LogP contribution in [-0.4, -0.2) is 37.0 Å². The molecule has 1 aliphatic rings. The van der Waals surface area contributed by atoms with Crippen molar-refractivity contribution in [2.45, 2.75) is 20.8 Å². The summed E-state index contributed by atoms with van der Waals surface area (Å²) in [5, 5.41) is 5.16. The van der Waals surface area contributed by atoms with Crippen molar-refractivity contribution < 1.29 is 28.7 Å². The largest absolute Gasteiger partial charge is 0.494 e. The maximum Gasteiger partial charge on any atom is 0.335 e. The van der Waals surface area contributed by atoms with E-state index >= 15 is 0 Å². The topological polar surface area (TPSA) is 114 Å². The molecule has 10 heteroatoms. The molecule has 1 aliphatic heterocycles. The van der Waals surface area contributed by atoms with Crippen LogP contribution in [0.5, 0.6) is 11.5 Å². The molecule has 200 valence electrons. The smallest absolute Gasteiger partial charge is 0.335 e. The van der Waals surface area contributed by atoms with Gasteiger partial charge in [-0.1, -0.05) is 29.8 Å². The van der Waals surface area contributed by atoms with Crippen molar-refractivity contribution in [3.8, 4) is 11.5 Å². The van der Waals surface area contributed by atoms with Gasteiger partial charge in [-0.2, -0.15) is 0 Å². The number of halogens is 1. The Bertz CT molecular complexity index is 1480. The Balaban J connectivity index is 1.47. The molecule has 2 N–H and O–H groups in total. The lowest BCUT2D eigenvalue weighted by molar-refractivity contribution is -0.122. The Morgan fingerprint density at radius 2 is 1.77 bits per heavy atom. The van der Waals surface area contributed by atoms with Crippen LogP contribution >= 0.6 is 11.6 Å². The number of benzene rings is 3. The fraction of sp³-hybridized carbons (Fsp3) is 0.172. The second kappa shape index (κ2) is 11.8. The zero-order chi connectivity index (χ0) is 28.1. The first-order valence-corrected chi connectivity index (χ1v) is 12.5. The molecule has 39 heavy (non-hydrogen) atoms. The molecule has 0 saturated carbocycles. The number of barbiturate groups is 1. The molecular formula is C29H26ClN3O6. The Labute approximate surface area is 230 Å². The van der Waals surface area contributed by atoms with Gasteiger partial charge in [-0.15, -0.1) is 0 Å². The van der Waals surface area contributed by atoms with Gasteiger partial charge in [0.15, 0.2) is 6.61 Å². The van der Waals surface area contributed by atoms with Gasteiger partial charge in [-0.3, -0.25) is 19.7 Å². The maximum atomic E-state index is 13.1.